The minimum absolute atomic E-state index is 0.0156. The van der Waals surface area contributed by atoms with Gasteiger partial charge in [-0.25, -0.2) is 0 Å². The highest BCUT2D eigenvalue weighted by Gasteiger charge is 2.02. The second-order valence-electron chi connectivity index (χ2n) is 3.77. The molecule has 0 bridgehead atoms. The maximum atomic E-state index is 11.1. The lowest BCUT2D eigenvalue weighted by atomic mass is 10.1. The summed E-state index contributed by atoms with van der Waals surface area (Å²) in [7, 11) is 1.63. The summed E-state index contributed by atoms with van der Waals surface area (Å²) in [6.45, 7) is 0.960. The average Bonchev–Trinajstić information content (AvgIpc) is 2.39. The number of hydrogen-bond acceptors (Lipinski definition) is 3. The molecule has 0 saturated carbocycles. The van der Waals surface area contributed by atoms with Crippen LogP contribution in [-0.4, -0.2) is 24.5 Å². The maximum absolute atomic E-state index is 11.1. The summed E-state index contributed by atoms with van der Waals surface area (Å²) in [5, 5.41) is 6.78. The van der Waals surface area contributed by atoms with Crippen LogP contribution in [-0.2, 0) is 11.3 Å². The quantitative estimate of drug-likeness (QED) is 0.824. The van der Waals surface area contributed by atoms with Crippen molar-refractivity contribution in [1.29, 1.82) is 0 Å². The molecule has 1 amide bonds. The summed E-state index contributed by atoms with van der Waals surface area (Å²) in [6.07, 6.45) is 1.78. The molecule has 1 heterocycles. The zero-order valence-electron chi connectivity index (χ0n) is 9.73. The normalized spacial score (nSPS) is 10.4. The van der Waals surface area contributed by atoms with Gasteiger partial charge in [-0.05, 0) is 11.6 Å². The number of pyridine rings is 1. The highest BCUT2D eigenvalue weighted by molar-refractivity contribution is 5.81. The number of carbonyl (C=O) groups excluding carboxylic acids is 1. The summed E-state index contributed by atoms with van der Waals surface area (Å²) in [5.41, 5.74) is 2.09. The van der Waals surface area contributed by atoms with Crippen molar-refractivity contribution in [3.8, 4) is 0 Å². The molecule has 0 fully saturated rings. The van der Waals surface area contributed by atoms with Crippen molar-refractivity contribution in [1.82, 2.24) is 15.6 Å². The van der Waals surface area contributed by atoms with E-state index in [1.165, 1.54) is 0 Å². The molecule has 0 radical (unpaired) electrons. The fraction of sp³-hybridized carbons (Fsp3) is 0.231. The number of fused-ring (bicyclic) bond motifs is 1. The summed E-state index contributed by atoms with van der Waals surface area (Å²) >= 11 is 0. The molecule has 4 heteroatoms. The third-order valence-electron chi connectivity index (χ3n) is 2.60. The molecule has 0 saturated heterocycles. The van der Waals surface area contributed by atoms with Gasteiger partial charge in [0.2, 0.25) is 5.91 Å². The van der Waals surface area contributed by atoms with Crippen molar-refractivity contribution in [2.45, 2.75) is 6.54 Å². The Hall–Kier alpha value is -1.94. The Morgan fingerprint density at radius 2 is 2.12 bits per heavy atom. The van der Waals surface area contributed by atoms with E-state index in [-0.39, 0.29) is 5.91 Å². The Morgan fingerprint density at radius 1 is 1.29 bits per heavy atom. The van der Waals surface area contributed by atoms with Crippen molar-refractivity contribution in [3.05, 3.63) is 42.1 Å². The number of hydrogen-bond donors (Lipinski definition) is 2. The van der Waals surface area contributed by atoms with Gasteiger partial charge >= 0.3 is 0 Å². The molecule has 4 nitrogen and oxygen atoms in total. The zero-order chi connectivity index (χ0) is 12.1. The van der Waals surface area contributed by atoms with Crippen LogP contribution in [0.15, 0.2) is 36.5 Å². The lowest BCUT2D eigenvalue weighted by Gasteiger charge is -2.06. The van der Waals surface area contributed by atoms with E-state index in [9.17, 15) is 4.79 Å². The predicted octanol–water partition coefficient (Wildman–Crippen LogP) is 1.07. The van der Waals surface area contributed by atoms with E-state index in [0.29, 0.717) is 13.1 Å². The van der Waals surface area contributed by atoms with Gasteiger partial charge < -0.3 is 10.6 Å². The molecule has 0 unspecified atom stereocenters. The predicted molar refractivity (Wildman–Crippen MR) is 67.5 cm³/mol. The van der Waals surface area contributed by atoms with Crippen molar-refractivity contribution < 1.29 is 4.79 Å². The van der Waals surface area contributed by atoms with Gasteiger partial charge in [0.05, 0.1) is 12.1 Å². The first-order chi connectivity index (χ1) is 8.31. The van der Waals surface area contributed by atoms with E-state index in [1.54, 1.807) is 13.2 Å². The number of likely N-dealkylation sites (N-methyl/N-ethyl adjacent to an activating group) is 1. The Kier molecular flexibility index (Phi) is 3.67. The van der Waals surface area contributed by atoms with Gasteiger partial charge in [0.1, 0.15) is 0 Å². The number of amides is 1. The summed E-state index contributed by atoms with van der Waals surface area (Å²) < 4.78 is 0. The Labute approximate surface area is 100 Å². The molecule has 0 aliphatic rings. The molecular formula is C13H15N3O. The second-order valence-corrected chi connectivity index (χ2v) is 3.77. The van der Waals surface area contributed by atoms with E-state index in [0.717, 1.165) is 16.5 Å². The SMILES string of the molecule is CNC(=O)CNCc1cccc2cccnc12. The van der Waals surface area contributed by atoms with E-state index in [4.69, 9.17) is 0 Å². The molecule has 88 valence electrons. The highest BCUT2D eigenvalue weighted by Crippen LogP contribution is 2.15. The van der Waals surface area contributed by atoms with Crippen LogP contribution in [0.4, 0.5) is 0 Å². The fourth-order valence-corrected chi connectivity index (χ4v) is 1.71. The number of benzene rings is 1. The van der Waals surface area contributed by atoms with Gasteiger partial charge in [-0.3, -0.25) is 9.78 Å². The van der Waals surface area contributed by atoms with Gasteiger partial charge in [0.25, 0.3) is 0 Å². The van der Waals surface area contributed by atoms with Gasteiger partial charge in [0, 0.05) is 25.2 Å². The standard InChI is InChI=1S/C13H15N3O/c1-14-12(17)9-15-8-11-5-2-4-10-6-3-7-16-13(10)11/h2-7,15H,8-9H2,1H3,(H,14,17). The Morgan fingerprint density at radius 3 is 2.94 bits per heavy atom. The molecule has 0 aliphatic heterocycles. The molecule has 0 atom stereocenters. The van der Waals surface area contributed by atoms with E-state index in [2.05, 4.69) is 15.6 Å². The molecule has 0 aliphatic carbocycles. The van der Waals surface area contributed by atoms with Crippen LogP contribution in [0.25, 0.3) is 10.9 Å². The number of nitrogens with zero attached hydrogens (tertiary/aromatic N) is 1. The van der Waals surface area contributed by atoms with Gasteiger partial charge in [0.15, 0.2) is 0 Å². The molecule has 2 N–H and O–H groups in total. The first kappa shape index (κ1) is 11.5. The highest BCUT2D eigenvalue weighted by atomic mass is 16.1. The summed E-state index contributed by atoms with van der Waals surface area (Å²) in [5.74, 6) is -0.0156. The maximum Gasteiger partial charge on any atom is 0.233 e. The smallest absolute Gasteiger partial charge is 0.233 e. The molecule has 0 spiro atoms. The van der Waals surface area contributed by atoms with Gasteiger partial charge in [-0.2, -0.15) is 0 Å². The monoisotopic (exact) mass is 229 g/mol. The average molecular weight is 229 g/mol. The number of aromatic nitrogens is 1. The van der Waals surface area contributed by atoms with Crippen molar-refractivity contribution >= 4 is 16.8 Å². The van der Waals surface area contributed by atoms with Gasteiger partial charge in [-0.15, -0.1) is 0 Å². The molecular weight excluding hydrogens is 214 g/mol. The first-order valence-corrected chi connectivity index (χ1v) is 5.55. The van der Waals surface area contributed by atoms with Crippen LogP contribution < -0.4 is 10.6 Å². The van der Waals surface area contributed by atoms with Crippen LogP contribution in [0.5, 0.6) is 0 Å². The van der Waals surface area contributed by atoms with E-state index >= 15 is 0 Å². The summed E-state index contributed by atoms with van der Waals surface area (Å²) in [6, 6.07) is 10.0. The molecule has 17 heavy (non-hydrogen) atoms. The molecule has 1 aromatic carbocycles. The number of para-hydroxylation sites is 1. The minimum Gasteiger partial charge on any atom is -0.358 e. The third-order valence-corrected chi connectivity index (χ3v) is 2.60. The van der Waals surface area contributed by atoms with Crippen LogP contribution in [0.1, 0.15) is 5.56 Å². The Bertz CT molecular complexity index is 520. The fourth-order valence-electron chi connectivity index (χ4n) is 1.71. The minimum atomic E-state index is -0.0156. The number of rotatable bonds is 4. The van der Waals surface area contributed by atoms with Crippen LogP contribution in [0, 0.1) is 0 Å². The zero-order valence-corrected chi connectivity index (χ0v) is 9.73. The van der Waals surface area contributed by atoms with Crippen LogP contribution in [0.3, 0.4) is 0 Å². The first-order valence-electron chi connectivity index (χ1n) is 5.55. The van der Waals surface area contributed by atoms with E-state index < -0.39 is 0 Å². The van der Waals surface area contributed by atoms with Crippen molar-refractivity contribution in [2.75, 3.05) is 13.6 Å². The van der Waals surface area contributed by atoms with Crippen LogP contribution >= 0.6 is 0 Å². The summed E-state index contributed by atoms with van der Waals surface area (Å²) in [4.78, 5) is 15.4. The largest absolute Gasteiger partial charge is 0.358 e. The van der Waals surface area contributed by atoms with Crippen molar-refractivity contribution in [3.63, 3.8) is 0 Å². The van der Waals surface area contributed by atoms with Crippen molar-refractivity contribution in [2.24, 2.45) is 0 Å². The molecule has 2 aromatic rings. The number of carbonyl (C=O) groups is 1. The lowest BCUT2D eigenvalue weighted by Crippen LogP contribution is -2.31. The molecule has 1 aromatic heterocycles. The topological polar surface area (TPSA) is 54.0 Å². The van der Waals surface area contributed by atoms with Gasteiger partial charge in [-0.1, -0.05) is 24.3 Å². The lowest BCUT2D eigenvalue weighted by molar-refractivity contribution is -0.119. The Balaban J connectivity index is 2.11. The third kappa shape index (κ3) is 2.79. The number of nitrogens with one attached hydrogen (secondary N) is 2. The second kappa shape index (κ2) is 5.41. The van der Waals surface area contributed by atoms with Crippen LogP contribution in [0.2, 0.25) is 0 Å². The van der Waals surface area contributed by atoms with E-state index in [1.807, 2.05) is 30.3 Å². The molecule has 2 rings (SSSR count).